The van der Waals surface area contributed by atoms with Crippen LogP contribution in [0.3, 0.4) is 0 Å². The van der Waals surface area contributed by atoms with Crippen LogP contribution in [0.1, 0.15) is 44.0 Å². The predicted octanol–water partition coefficient (Wildman–Crippen LogP) is 3.04. The molecule has 25 heavy (non-hydrogen) atoms. The molecule has 136 valence electrons. The van der Waals surface area contributed by atoms with Gasteiger partial charge in [0.1, 0.15) is 11.4 Å². The average Bonchev–Trinajstić information content (AvgIpc) is 3.14. The van der Waals surface area contributed by atoms with Crippen molar-refractivity contribution in [2.45, 2.75) is 39.2 Å². The molecule has 0 aromatic heterocycles. The van der Waals surface area contributed by atoms with Crippen molar-refractivity contribution < 1.29 is 19.4 Å². The van der Waals surface area contributed by atoms with Gasteiger partial charge in [-0.25, -0.2) is 4.79 Å². The second-order valence-corrected chi connectivity index (χ2v) is 8.18. The predicted molar refractivity (Wildman–Crippen MR) is 95.2 cm³/mol. The molecule has 1 unspecified atom stereocenters. The molecule has 1 aromatic rings. The summed E-state index contributed by atoms with van der Waals surface area (Å²) in [6, 6.07) is 5.12. The molecule has 1 aromatic carbocycles. The monoisotopic (exact) mass is 346 g/mol. The van der Waals surface area contributed by atoms with Gasteiger partial charge in [0.25, 0.3) is 0 Å². The topological polar surface area (TPSA) is 70.1 Å². The van der Waals surface area contributed by atoms with Gasteiger partial charge in [-0.2, -0.15) is 0 Å². The Hall–Kier alpha value is -2.24. The number of aromatic hydroxyl groups is 1. The van der Waals surface area contributed by atoms with Crippen LogP contribution in [0.2, 0.25) is 0 Å². The summed E-state index contributed by atoms with van der Waals surface area (Å²) in [5.41, 5.74) is 0.842. The number of rotatable bonds is 2. The van der Waals surface area contributed by atoms with Crippen molar-refractivity contribution in [1.82, 2.24) is 4.90 Å². The van der Waals surface area contributed by atoms with E-state index in [-0.39, 0.29) is 17.3 Å². The number of hydrogen-bond acceptors (Lipinski definition) is 5. The maximum absolute atomic E-state index is 12.3. The van der Waals surface area contributed by atoms with Gasteiger partial charge >= 0.3 is 6.09 Å². The van der Waals surface area contributed by atoms with Crippen molar-refractivity contribution in [3.63, 3.8) is 0 Å². The first-order valence-electron chi connectivity index (χ1n) is 8.72. The van der Waals surface area contributed by atoms with Gasteiger partial charge in [-0.3, -0.25) is 4.79 Å². The molecule has 0 aliphatic carbocycles. The van der Waals surface area contributed by atoms with Crippen LogP contribution in [-0.2, 0) is 4.74 Å². The summed E-state index contributed by atoms with van der Waals surface area (Å²) in [7, 11) is 0. The van der Waals surface area contributed by atoms with Crippen LogP contribution in [0.5, 0.6) is 5.75 Å². The van der Waals surface area contributed by atoms with Gasteiger partial charge in [0, 0.05) is 37.3 Å². The van der Waals surface area contributed by atoms with Crippen LogP contribution in [-0.4, -0.2) is 54.2 Å². The zero-order chi connectivity index (χ0) is 18.2. The van der Waals surface area contributed by atoms with E-state index in [1.807, 2.05) is 31.7 Å². The minimum atomic E-state index is -0.480. The number of likely N-dealkylation sites (tertiary alicyclic amines) is 1. The lowest BCUT2D eigenvalue weighted by Gasteiger charge is -2.27. The number of ether oxygens (including phenoxy) is 1. The van der Waals surface area contributed by atoms with Gasteiger partial charge in [0.15, 0.2) is 6.29 Å². The molecule has 2 saturated heterocycles. The summed E-state index contributed by atoms with van der Waals surface area (Å²) in [5.74, 6) is 0.00428. The Morgan fingerprint density at radius 1 is 1.24 bits per heavy atom. The molecule has 6 heteroatoms. The first-order valence-corrected chi connectivity index (χ1v) is 8.72. The molecular weight excluding hydrogens is 320 g/mol. The van der Waals surface area contributed by atoms with Crippen LogP contribution in [0.4, 0.5) is 10.5 Å². The smallest absolute Gasteiger partial charge is 0.410 e. The number of phenolic OH excluding ortho intramolecular Hbond substituents is 1. The molecule has 0 saturated carbocycles. The molecule has 2 heterocycles. The Bertz CT molecular complexity index is 682. The molecule has 3 rings (SSSR count). The Labute approximate surface area is 148 Å². The molecule has 0 bridgehead atoms. The second-order valence-electron chi connectivity index (χ2n) is 8.18. The molecule has 1 amide bonds. The van der Waals surface area contributed by atoms with Gasteiger partial charge in [-0.05, 0) is 51.8 Å². The highest BCUT2D eigenvalue weighted by Gasteiger charge is 2.45. The van der Waals surface area contributed by atoms with E-state index in [1.54, 1.807) is 12.1 Å². The minimum absolute atomic E-state index is 0.00428. The number of amides is 1. The highest BCUT2D eigenvalue weighted by Crippen LogP contribution is 2.41. The number of carbonyl (C=O) groups excluding carboxylic acids is 2. The third-order valence-corrected chi connectivity index (χ3v) is 5.03. The molecule has 6 nitrogen and oxygen atoms in total. The summed E-state index contributed by atoms with van der Waals surface area (Å²) in [5, 5.41) is 9.66. The third-order valence-electron chi connectivity index (χ3n) is 5.03. The summed E-state index contributed by atoms with van der Waals surface area (Å²) in [4.78, 5) is 27.4. The molecule has 1 spiro atoms. The first kappa shape index (κ1) is 17.6. The maximum Gasteiger partial charge on any atom is 0.410 e. The van der Waals surface area contributed by atoms with E-state index in [4.69, 9.17) is 4.74 Å². The normalized spacial score (nSPS) is 23.3. The summed E-state index contributed by atoms with van der Waals surface area (Å²) in [6.07, 6.45) is 2.39. The van der Waals surface area contributed by atoms with Crippen molar-refractivity contribution >= 4 is 18.1 Å². The zero-order valence-electron chi connectivity index (χ0n) is 15.1. The Morgan fingerprint density at radius 2 is 1.96 bits per heavy atom. The standard InChI is InChI=1S/C19H26N2O4/c1-18(2,3)25-17(24)21-9-7-19(13-21)6-8-20(12-19)15-4-5-16(23)14(10-15)11-22/h4-5,10-11,23H,6-9,12-13H2,1-3H3. The first-order chi connectivity index (χ1) is 11.7. The Balaban J connectivity index is 1.67. The molecule has 2 fully saturated rings. The van der Waals surface area contributed by atoms with Gasteiger partial charge in [0.05, 0.1) is 5.56 Å². The van der Waals surface area contributed by atoms with Crippen LogP contribution < -0.4 is 4.90 Å². The SMILES string of the molecule is CC(C)(C)OC(=O)N1CCC2(CCN(c3ccc(O)c(C=O)c3)C2)C1. The number of anilines is 1. The Kier molecular flexibility index (Phi) is 4.39. The molecule has 1 atom stereocenters. The number of hydrogen-bond donors (Lipinski definition) is 1. The number of phenols is 1. The Morgan fingerprint density at radius 3 is 2.64 bits per heavy atom. The molecule has 2 aliphatic heterocycles. The largest absolute Gasteiger partial charge is 0.507 e. The zero-order valence-corrected chi connectivity index (χ0v) is 15.1. The van der Waals surface area contributed by atoms with Gasteiger partial charge in [0.2, 0.25) is 0 Å². The molecule has 2 aliphatic rings. The van der Waals surface area contributed by atoms with Crippen LogP contribution in [0.25, 0.3) is 0 Å². The highest BCUT2D eigenvalue weighted by molar-refractivity contribution is 5.81. The van der Waals surface area contributed by atoms with Crippen molar-refractivity contribution in [2.24, 2.45) is 5.41 Å². The number of benzene rings is 1. The summed E-state index contributed by atoms with van der Waals surface area (Å²) in [6.45, 7) is 8.78. The van der Waals surface area contributed by atoms with Crippen LogP contribution in [0.15, 0.2) is 18.2 Å². The van der Waals surface area contributed by atoms with Gasteiger partial charge in [-0.1, -0.05) is 0 Å². The van der Waals surface area contributed by atoms with E-state index in [2.05, 4.69) is 4.90 Å². The molecule has 0 radical (unpaired) electrons. The van der Waals surface area contributed by atoms with Crippen LogP contribution >= 0.6 is 0 Å². The van der Waals surface area contributed by atoms with Gasteiger partial charge < -0.3 is 19.6 Å². The van der Waals surface area contributed by atoms with E-state index in [9.17, 15) is 14.7 Å². The van der Waals surface area contributed by atoms with E-state index in [0.717, 1.165) is 38.2 Å². The molecular formula is C19H26N2O4. The fraction of sp³-hybridized carbons (Fsp3) is 0.579. The minimum Gasteiger partial charge on any atom is -0.507 e. The average molecular weight is 346 g/mol. The summed E-state index contributed by atoms with van der Waals surface area (Å²) >= 11 is 0. The quantitative estimate of drug-likeness (QED) is 0.834. The highest BCUT2D eigenvalue weighted by atomic mass is 16.6. The van der Waals surface area contributed by atoms with Crippen molar-refractivity contribution in [2.75, 3.05) is 31.1 Å². The van der Waals surface area contributed by atoms with E-state index < -0.39 is 5.60 Å². The fourth-order valence-corrected chi connectivity index (χ4v) is 3.74. The third kappa shape index (κ3) is 3.72. The lowest BCUT2D eigenvalue weighted by Crippen LogP contribution is -2.37. The summed E-state index contributed by atoms with van der Waals surface area (Å²) < 4.78 is 5.49. The van der Waals surface area contributed by atoms with Crippen molar-refractivity contribution in [1.29, 1.82) is 0 Å². The van der Waals surface area contributed by atoms with Crippen molar-refractivity contribution in [3.05, 3.63) is 23.8 Å². The number of nitrogens with zero attached hydrogens (tertiary/aromatic N) is 2. The number of aldehydes is 1. The number of carbonyl (C=O) groups is 2. The fourth-order valence-electron chi connectivity index (χ4n) is 3.74. The van der Waals surface area contributed by atoms with Crippen molar-refractivity contribution in [3.8, 4) is 5.75 Å². The van der Waals surface area contributed by atoms with E-state index >= 15 is 0 Å². The van der Waals surface area contributed by atoms with E-state index in [0.29, 0.717) is 18.4 Å². The maximum atomic E-state index is 12.3. The second kappa shape index (κ2) is 6.24. The van der Waals surface area contributed by atoms with E-state index in [1.165, 1.54) is 0 Å². The van der Waals surface area contributed by atoms with Gasteiger partial charge in [-0.15, -0.1) is 0 Å². The lowest BCUT2D eigenvalue weighted by molar-refractivity contribution is 0.0276. The molecule has 1 N–H and O–H groups in total. The lowest BCUT2D eigenvalue weighted by atomic mass is 9.86. The van der Waals surface area contributed by atoms with Crippen LogP contribution in [0, 0.1) is 5.41 Å².